The lowest BCUT2D eigenvalue weighted by Gasteiger charge is -2.10. The fourth-order valence-electron chi connectivity index (χ4n) is 2.69. The number of carbonyl (C=O) groups is 1. The first-order chi connectivity index (χ1) is 10.7. The Morgan fingerprint density at radius 3 is 2.95 bits per heavy atom. The zero-order valence-corrected chi connectivity index (χ0v) is 12.8. The molecule has 3 rings (SSSR count). The molecule has 0 aliphatic carbocycles. The van der Waals surface area contributed by atoms with Crippen molar-refractivity contribution in [3.8, 4) is 0 Å². The van der Waals surface area contributed by atoms with Crippen molar-refractivity contribution in [3.05, 3.63) is 53.3 Å². The van der Waals surface area contributed by atoms with E-state index in [1.165, 1.54) is 5.56 Å². The molecule has 2 aromatic rings. The van der Waals surface area contributed by atoms with E-state index < -0.39 is 0 Å². The summed E-state index contributed by atoms with van der Waals surface area (Å²) in [7, 11) is 0. The standard InChI is InChI=1S/C17H21N3O2/c1-13-16(17(21)18-10-15-8-5-9-22-15)11-19-20(13)12-14-6-3-2-4-7-14/h2-4,6-7,11,15H,5,8-10,12H2,1H3,(H,18,21). The van der Waals surface area contributed by atoms with Gasteiger partial charge in [0.05, 0.1) is 24.4 Å². The van der Waals surface area contributed by atoms with Crippen LogP contribution in [0.2, 0.25) is 0 Å². The van der Waals surface area contributed by atoms with Crippen LogP contribution < -0.4 is 5.32 Å². The van der Waals surface area contributed by atoms with Crippen LogP contribution in [0.3, 0.4) is 0 Å². The van der Waals surface area contributed by atoms with Crippen molar-refractivity contribution in [2.45, 2.75) is 32.4 Å². The van der Waals surface area contributed by atoms with Gasteiger partial charge in [-0.25, -0.2) is 0 Å². The van der Waals surface area contributed by atoms with Crippen LogP contribution >= 0.6 is 0 Å². The first kappa shape index (κ1) is 14.8. The molecular weight excluding hydrogens is 278 g/mol. The van der Waals surface area contributed by atoms with Gasteiger partial charge in [0.15, 0.2) is 0 Å². The van der Waals surface area contributed by atoms with Crippen LogP contribution in [-0.4, -0.2) is 34.9 Å². The van der Waals surface area contributed by atoms with E-state index in [0.29, 0.717) is 18.7 Å². The summed E-state index contributed by atoms with van der Waals surface area (Å²) in [5.74, 6) is -0.0766. The minimum atomic E-state index is -0.0766. The number of carbonyl (C=O) groups excluding carboxylic acids is 1. The van der Waals surface area contributed by atoms with Gasteiger partial charge >= 0.3 is 0 Å². The molecule has 1 fully saturated rings. The van der Waals surface area contributed by atoms with E-state index in [0.717, 1.165) is 25.1 Å². The van der Waals surface area contributed by atoms with Crippen LogP contribution in [0.25, 0.3) is 0 Å². The van der Waals surface area contributed by atoms with Gasteiger partial charge in [0, 0.05) is 18.8 Å². The molecule has 1 amide bonds. The fraction of sp³-hybridized carbons (Fsp3) is 0.412. The summed E-state index contributed by atoms with van der Waals surface area (Å²) in [6.45, 7) is 3.97. The topological polar surface area (TPSA) is 56.1 Å². The van der Waals surface area contributed by atoms with Crippen LogP contribution in [0.15, 0.2) is 36.5 Å². The molecule has 1 aliphatic heterocycles. The number of ether oxygens (including phenoxy) is 1. The van der Waals surface area contributed by atoms with Crippen molar-refractivity contribution >= 4 is 5.91 Å². The van der Waals surface area contributed by atoms with Gasteiger partial charge < -0.3 is 10.1 Å². The molecule has 22 heavy (non-hydrogen) atoms. The quantitative estimate of drug-likeness (QED) is 0.920. The number of nitrogens with zero attached hydrogens (tertiary/aromatic N) is 2. The minimum Gasteiger partial charge on any atom is -0.376 e. The van der Waals surface area contributed by atoms with Crippen molar-refractivity contribution in [2.75, 3.05) is 13.2 Å². The van der Waals surface area contributed by atoms with Crippen LogP contribution in [0, 0.1) is 6.92 Å². The SMILES string of the molecule is Cc1c(C(=O)NCC2CCCO2)cnn1Cc1ccccc1. The van der Waals surface area contributed by atoms with Crippen molar-refractivity contribution in [3.63, 3.8) is 0 Å². The van der Waals surface area contributed by atoms with E-state index in [1.807, 2.05) is 29.8 Å². The summed E-state index contributed by atoms with van der Waals surface area (Å²) in [5.41, 5.74) is 2.68. The Morgan fingerprint density at radius 1 is 1.41 bits per heavy atom. The smallest absolute Gasteiger partial charge is 0.254 e. The van der Waals surface area contributed by atoms with E-state index in [4.69, 9.17) is 4.74 Å². The molecule has 1 aromatic heterocycles. The van der Waals surface area contributed by atoms with Crippen LogP contribution in [-0.2, 0) is 11.3 Å². The highest BCUT2D eigenvalue weighted by molar-refractivity contribution is 5.95. The molecule has 1 aliphatic rings. The van der Waals surface area contributed by atoms with E-state index in [9.17, 15) is 4.79 Å². The predicted molar refractivity (Wildman–Crippen MR) is 83.8 cm³/mol. The Bertz CT molecular complexity index is 631. The second-order valence-corrected chi connectivity index (χ2v) is 5.63. The number of nitrogens with one attached hydrogen (secondary N) is 1. The zero-order chi connectivity index (χ0) is 15.4. The third-order valence-electron chi connectivity index (χ3n) is 4.04. The Hall–Kier alpha value is -2.14. The van der Waals surface area contributed by atoms with Crippen molar-refractivity contribution in [1.29, 1.82) is 0 Å². The summed E-state index contributed by atoms with van der Waals surface area (Å²) < 4.78 is 7.38. The molecule has 0 bridgehead atoms. The van der Waals surface area contributed by atoms with E-state index >= 15 is 0 Å². The molecule has 5 heteroatoms. The second-order valence-electron chi connectivity index (χ2n) is 5.63. The molecule has 2 heterocycles. The van der Waals surface area contributed by atoms with Gasteiger partial charge in [0.25, 0.3) is 5.91 Å². The van der Waals surface area contributed by atoms with Gasteiger partial charge in [-0.2, -0.15) is 5.10 Å². The van der Waals surface area contributed by atoms with Crippen LogP contribution in [0.1, 0.15) is 34.5 Å². The van der Waals surface area contributed by atoms with Gasteiger partial charge in [-0.3, -0.25) is 9.48 Å². The van der Waals surface area contributed by atoms with Gasteiger partial charge in [0.1, 0.15) is 0 Å². The van der Waals surface area contributed by atoms with E-state index in [-0.39, 0.29) is 12.0 Å². The van der Waals surface area contributed by atoms with E-state index in [1.54, 1.807) is 6.20 Å². The number of hydrogen-bond donors (Lipinski definition) is 1. The molecule has 0 saturated carbocycles. The Labute approximate surface area is 130 Å². The molecule has 0 spiro atoms. The van der Waals surface area contributed by atoms with Gasteiger partial charge in [0.2, 0.25) is 0 Å². The fourth-order valence-corrected chi connectivity index (χ4v) is 2.69. The highest BCUT2D eigenvalue weighted by Crippen LogP contribution is 2.12. The minimum absolute atomic E-state index is 0.0766. The molecule has 116 valence electrons. The van der Waals surface area contributed by atoms with Gasteiger partial charge in [-0.1, -0.05) is 30.3 Å². The highest BCUT2D eigenvalue weighted by Gasteiger charge is 2.19. The molecule has 1 unspecified atom stereocenters. The van der Waals surface area contributed by atoms with E-state index in [2.05, 4.69) is 22.5 Å². The van der Waals surface area contributed by atoms with Crippen LogP contribution in [0.5, 0.6) is 0 Å². The monoisotopic (exact) mass is 299 g/mol. The lowest BCUT2D eigenvalue weighted by atomic mass is 10.2. The normalized spacial score (nSPS) is 17.6. The average molecular weight is 299 g/mol. The van der Waals surface area contributed by atoms with Crippen LogP contribution in [0.4, 0.5) is 0 Å². The molecule has 1 aromatic carbocycles. The number of amides is 1. The lowest BCUT2D eigenvalue weighted by molar-refractivity contribution is 0.0857. The zero-order valence-electron chi connectivity index (χ0n) is 12.8. The molecule has 5 nitrogen and oxygen atoms in total. The molecular formula is C17H21N3O2. The first-order valence-electron chi connectivity index (χ1n) is 7.70. The molecule has 0 radical (unpaired) electrons. The molecule has 1 saturated heterocycles. The average Bonchev–Trinajstić information content (AvgIpc) is 3.17. The summed E-state index contributed by atoms with van der Waals surface area (Å²) in [6.07, 6.45) is 3.90. The molecule has 1 N–H and O–H groups in total. The highest BCUT2D eigenvalue weighted by atomic mass is 16.5. The summed E-state index contributed by atoms with van der Waals surface area (Å²) in [4.78, 5) is 12.3. The maximum atomic E-state index is 12.3. The maximum absolute atomic E-state index is 12.3. The number of hydrogen-bond acceptors (Lipinski definition) is 3. The third kappa shape index (κ3) is 3.36. The van der Waals surface area contributed by atoms with Crippen molar-refractivity contribution in [2.24, 2.45) is 0 Å². The third-order valence-corrected chi connectivity index (χ3v) is 4.04. The Morgan fingerprint density at radius 2 is 2.23 bits per heavy atom. The van der Waals surface area contributed by atoms with Crippen molar-refractivity contribution in [1.82, 2.24) is 15.1 Å². The summed E-state index contributed by atoms with van der Waals surface area (Å²) in [6, 6.07) is 10.1. The maximum Gasteiger partial charge on any atom is 0.254 e. The summed E-state index contributed by atoms with van der Waals surface area (Å²) >= 11 is 0. The number of aromatic nitrogens is 2. The predicted octanol–water partition coefficient (Wildman–Crippen LogP) is 2.15. The van der Waals surface area contributed by atoms with Crippen molar-refractivity contribution < 1.29 is 9.53 Å². The first-order valence-corrected chi connectivity index (χ1v) is 7.70. The second kappa shape index (κ2) is 6.75. The summed E-state index contributed by atoms with van der Waals surface area (Å²) in [5, 5.41) is 7.28. The number of rotatable bonds is 5. The Kier molecular flexibility index (Phi) is 4.53. The molecule has 1 atom stereocenters. The largest absolute Gasteiger partial charge is 0.376 e. The Balaban J connectivity index is 1.63. The number of benzene rings is 1. The lowest BCUT2D eigenvalue weighted by Crippen LogP contribution is -2.32. The van der Waals surface area contributed by atoms with Gasteiger partial charge in [-0.15, -0.1) is 0 Å². The van der Waals surface area contributed by atoms with Gasteiger partial charge in [-0.05, 0) is 25.3 Å².